The van der Waals surface area contributed by atoms with Gasteiger partial charge in [0.2, 0.25) is 0 Å². The Morgan fingerprint density at radius 3 is 1.83 bits per heavy atom. The average Bonchev–Trinajstić information content (AvgIpc) is 3.32. The summed E-state index contributed by atoms with van der Waals surface area (Å²) in [6, 6.07) is 20.2. The SMILES string of the molecule is C[Si](C)(CCO)C1=CC[C-]=C1.Cl.Cl.[CH3-].[CH3-].[Si]=[Zr].c1ccc2c(c1)[cH-]c1ccccc12. The van der Waals surface area contributed by atoms with Gasteiger partial charge in [-0.15, -0.1) is 71.0 Å². The molecule has 6 heteroatoms. The van der Waals surface area contributed by atoms with Gasteiger partial charge in [0.1, 0.15) is 0 Å². The minimum absolute atomic E-state index is 0. The quantitative estimate of drug-likeness (QED) is 0.273. The number of aliphatic hydroxyl groups is 1. The van der Waals surface area contributed by atoms with Crippen molar-refractivity contribution >= 4 is 61.3 Å². The van der Waals surface area contributed by atoms with Crippen LogP contribution >= 0.6 is 24.8 Å². The summed E-state index contributed by atoms with van der Waals surface area (Å²) in [5.74, 6) is 0. The van der Waals surface area contributed by atoms with Gasteiger partial charge in [-0.2, -0.15) is 6.08 Å². The van der Waals surface area contributed by atoms with Gasteiger partial charge in [0, 0.05) is 6.61 Å². The van der Waals surface area contributed by atoms with Crippen LogP contribution in [0.3, 0.4) is 0 Å². The van der Waals surface area contributed by atoms with Crippen LogP contribution < -0.4 is 0 Å². The number of benzene rings is 2. The number of halogens is 2. The smallest absolute Gasteiger partial charge is 0.0771 e. The molecule has 3 aromatic carbocycles. The van der Waals surface area contributed by atoms with Crippen LogP contribution in [0, 0.1) is 20.9 Å². The molecule has 1 aliphatic carbocycles. The maximum atomic E-state index is 8.84. The van der Waals surface area contributed by atoms with Crippen LogP contribution in [0.1, 0.15) is 6.42 Å². The fourth-order valence-corrected chi connectivity index (χ4v) is 5.19. The first-order chi connectivity index (χ1) is 12.6. The largest absolute Gasteiger partial charge is 0.126 e. The number of hydrogen-bond acceptors (Lipinski definition) is 1. The Morgan fingerprint density at radius 1 is 0.967 bits per heavy atom. The van der Waals surface area contributed by atoms with Gasteiger partial charge in [-0.05, 0) is 14.1 Å². The Labute approximate surface area is 213 Å². The van der Waals surface area contributed by atoms with E-state index >= 15 is 0 Å². The number of rotatable bonds is 3. The van der Waals surface area contributed by atoms with Crippen molar-refractivity contribution in [2.75, 3.05) is 6.61 Å². The monoisotopic (exact) mass is 552 g/mol. The van der Waals surface area contributed by atoms with Crippen LogP contribution in [0.5, 0.6) is 0 Å². The van der Waals surface area contributed by atoms with E-state index in [-0.39, 0.29) is 39.7 Å². The summed E-state index contributed by atoms with van der Waals surface area (Å²) >= 11 is 1.36. The first-order valence-electron chi connectivity index (χ1n) is 8.78. The third-order valence-electron chi connectivity index (χ3n) is 4.74. The molecule has 0 atom stereocenters. The molecule has 0 spiro atoms. The molecule has 1 nitrogen and oxygen atoms in total. The van der Waals surface area contributed by atoms with Crippen molar-refractivity contribution in [1.29, 1.82) is 0 Å². The van der Waals surface area contributed by atoms with Gasteiger partial charge in [0.25, 0.3) is 0 Å². The van der Waals surface area contributed by atoms with Gasteiger partial charge < -0.3 is 20.0 Å². The summed E-state index contributed by atoms with van der Waals surface area (Å²) in [7, 11) is -1.28. The Morgan fingerprint density at radius 2 is 1.43 bits per heavy atom. The molecule has 2 radical (unpaired) electrons. The molecule has 4 rings (SSSR count). The molecule has 0 unspecified atom stereocenters. The number of allylic oxidation sites excluding steroid dienone is 4. The second kappa shape index (κ2) is 17.2. The second-order valence-electron chi connectivity index (χ2n) is 6.89. The predicted octanol–water partition coefficient (Wildman–Crippen LogP) is 6.99. The van der Waals surface area contributed by atoms with Gasteiger partial charge in [0.15, 0.2) is 0 Å². The van der Waals surface area contributed by atoms with Gasteiger partial charge in [-0.1, -0.05) is 49.5 Å². The normalized spacial score (nSPS) is 11.2. The number of aliphatic hydroxyl groups excluding tert-OH is 1. The Bertz CT molecular complexity index is 869. The second-order valence-corrected chi connectivity index (χ2v) is 11.7. The zero-order valence-corrected chi connectivity index (χ0v) is 24.3. The van der Waals surface area contributed by atoms with E-state index in [9.17, 15) is 0 Å². The molecule has 0 aliphatic heterocycles. The maximum absolute atomic E-state index is 8.84. The number of fused-ring (bicyclic) bond motifs is 3. The van der Waals surface area contributed by atoms with Crippen molar-refractivity contribution in [2.45, 2.75) is 25.6 Å². The summed E-state index contributed by atoms with van der Waals surface area (Å²) in [5.41, 5.74) is 0. The molecular formula is C24H32Cl2OSi2Zr-4. The van der Waals surface area contributed by atoms with Crippen molar-refractivity contribution in [2.24, 2.45) is 0 Å². The zero-order valence-electron chi connectivity index (χ0n) is 18.2. The van der Waals surface area contributed by atoms with Crippen LogP contribution in [0.25, 0.3) is 21.5 Å². The van der Waals surface area contributed by atoms with E-state index in [1.807, 2.05) is 0 Å². The number of hydrogen-bond donors (Lipinski definition) is 1. The summed E-state index contributed by atoms with van der Waals surface area (Å²) in [6.45, 7) is 7.97. The van der Waals surface area contributed by atoms with E-state index in [4.69, 9.17) is 5.11 Å². The first-order valence-corrected chi connectivity index (χ1v) is 16.2. The molecule has 0 amide bonds. The van der Waals surface area contributed by atoms with Crippen LogP contribution in [0.15, 0.2) is 71.9 Å². The summed E-state index contributed by atoms with van der Waals surface area (Å²) in [5, 5.41) is 15.7. The zero-order chi connectivity index (χ0) is 19.0. The van der Waals surface area contributed by atoms with E-state index in [2.05, 4.69) is 92.8 Å². The molecule has 30 heavy (non-hydrogen) atoms. The van der Waals surface area contributed by atoms with E-state index in [0.717, 1.165) is 12.5 Å². The Balaban J connectivity index is -0.000000404. The third-order valence-corrected chi connectivity index (χ3v) is 8.12. The van der Waals surface area contributed by atoms with Crippen LogP contribution in [-0.2, 0) is 23.3 Å². The fourth-order valence-electron chi connectivity index (χ4n) is 3.20. The fraction of sp³-hybridized carbons (Fsp3) is 0.208. The molecule has 0 saturated heterocycles. The van der Waals surface area contributed by atoms with Gasteiger partial charge >= 0.3 is 30.2 Å². The minimum atomic E-state index is -1.28. The Hall–Kier alpha value is -0.353. The molecule has 1 N–H and O–H groups in total. The summed E-state index contributed by atoms with van der Waals surface area (Å²) < 4.78 is 0. The van der Waals surface area contributed by atoms with E-state index < -0.39 is 8.07 Å². The summed E-state index contributed by atoms with van der Waals surface area (Å²) in [4.78, 5) is 0. The van der Waals surface area contributed by atoms with Crippen molar-refractivity contribution in [3.05, 3.63) is 92.9 Å². The van der Waals surface area contributed by atoms with Gasteiger partial charge in [0.05, 0.1) is 0 Å². The Kier molecular flexibility index (Phi) is 19.7. The van der Waals surface area contributed by atoms with Crippen molar-refractivity contribution in [3.8, 4) is 0 Å². The maximum Gasteiger partial charge on any atom is -0.0771 e. The van der Waals surface area contributed by atoms with Crippen LogP contribution in [0.4, 0.5) is 0 Å². The molecule has 1 aliphatic rings. The van der Waals surface area contributed by atoms with Gasteiger partial charge in [-0.25, -0.2) is 11.3 Å². The molecule has 0 aromatic heterocycles. The van der Waals surface area contributed by atoms with Crippen molar-refractivity contribution in [3.63, 3.8) is 0 Å². The van der Waals surface area contributed by atoms with Crippen LogP contribution in [0.2, 0.25) is 19.1 Å². The van der Waals surface area contributed by atoms with Crippen molar-refractivity contribution in [1.82, 2.24) is 0 Å². The standard InChI is InChI=1S/C13H9.C9H15OSi.2CH3.2ClH.Si.Zr/c1-3-7-12-10(5-1)9-11-6-2-4-8-13(11)12;1-11(2,8-7-10)9-5-3-4-6-9;;;;;;/h1-9H;5-6,10H,3,7-8H2,1-2H3;2*1H3;2*1H;;/q4*-1;;;;. The molecule has 3 aromatic rings. The molecular weight excluding hydrogens is 523 g/mol. The van der Waals surface area contributed by atoms with Crippen molar-refractivity contribution < 1.29 is 28.4 Å². The molecule has 0 heterocycles. The summed E-state index contributed by atoms with van der Waals surface area (Å²) in [6.07, 6.45) is 8.48. The average molecular weight is 555 g/mol. The molecule has 0 bridgehead atoms. The molecule has 164 valence electrons. The molecule has 0 saturated carbocycles. The van der Waals surface area contributed by atoms with Gasteiger partial charge in [-0.3, -0.25) is 6.08 Å². The van der Waals surface area contributed by atoms with E-state index in [1.165, 1.54) is 50.1 Å². The minimum Gasteiger partial charge on any atom is -0.126 e. The third kappa shape index (κ3) is 9.02. The molecule has 0 fully saturated rings. The predicted molar refractivity (Wildman–Crippen MR) is 140 cm³/mol. The van der Waals surface area contributed by atoms with Crippen LogP contribution in [-0.4, -0.2) is 26.7 Å². The van der Waals surface area contributed by atoms with E-state index in [1.54, 1.807) is 0 Å². The topological polar surface area (TPSA) is 20.2 Å². The van der Waals surface area contributed by atoms with E-state index in [0.29, 0.717) is 6.61 Å². The first kappa shape index (κ1) is 34.3.